The Hall–Kier alpha value is -2.14. The molecular weight excluding hydrogens is 392 g/mol. The number of nitrogens with one attached hydrogen (secondary N) is 1. The van der Waals surface area contributed by atoms with E-state index >= 15 is 0 Å². The highest BCUT2D eigenvalue weighted by molar-refractivity contribution is 9.10. The summed E-state index contributed by atoms with van der Waals surface area (Å²) in [5.41, 5.74) is 0.570. The SMILES string of the molecule is C#CCN(CC(=O)Nc1ccc(Br)cc1)S(=O)(=O)c1ccccc1. The van der Waals surface area contributed by atoms with Gasteiger partial charge in [-0.3, -0.25) is 4.79 Å². The van der Waals surface area contributed by atoms with E-state index in [1.165, 1.54) is 12.1 Å². The lowest BCUT2D eigenvalue weighted by Gasteiger charge is -2.19. The van der Waals surface area contributed by atoms with Gasteiger partial charge >= 0.3 is 0 Å². The summed E-state index contributed by atoms with van der Waals surface area (Å²) < 4.78 is 27.0. The van der Waals surface area contributed by atoms with Gasteiger partial charge < -0.3 is 5.32 Å². The highest BCUT2D eigenvalue weighted by atomic mass is 79.9. The molecule has 0 bridgehead atoms. The third kappa shape index (κ3) is 4.68. The number of carbonyl (C=O) groups excluding carboxylic acids is 1. The first kappa shape index (κ1) is 18.2. The number of sulfonamides is 1. The van der Waals surface area contributed by atoms with Crippen LogP contribution in [-0.2, 0) is 14.8 Å². The largest absolute Gasteiger partial charge is 0.325 e. The molecule has 0 aromatic heterocycles. The predicted octanol–water partition coefficient (Wildman–Crippen LogP) is 2.71. The maximum atomic E-state index is 12.6. The third-order valence-electron chi connectivity index (χ3n) is 3.10. The summed E-state index contributed by atoms with van der Waals surface area (Å²) in [6, 6.07) is 14.8. The Bertz CT molecular complexity index is 844. The average Bonchev–Trinajstić information content (AvgIpc) is 2.57. The van der Waals surface area contributed by atoms with E-state index in [4.69, 9.17) is 6.42 Å². The van der Waals surface area contributed by atoms with Gasteiger partial charge in [-0.25, -0.2) is 8.42 Å². The molecule has 124 valence electrons. The fourth-order valence-corrected chi connectivity index (χ4v) is 3.56. The molecule has 0 saturated carbocycles. The zero-order valence-corrected chi connectivity index (χ0v) is 15.0. The molecule has 0 aliphatic heterocycles. The van der Waals surface area contributed by atoms with Crippen LogP contribution < -0.4 is 5.32 Å². The van der Waals surface area contributed by atoms with Gasteiger partial charge in [-0.05, 0) is 36.4 Å². The van der Waals surface area contributed by atoms with E-state index in [-0.39, 0.29) is 18.0 Å². The van der Waals surface area contributed by atoms with Crippen LogP contribution in [0.15, 0.2) is 64.0 Å². The molecule has 24 heavy (non-hydrogen) atoms. The van der Waals surface area contributed by atoms with E-state index in [0.717, 1.165) is 8.78 Å². The number of anilines is 1. The summed E-state index contributed by atoms with van der Waals surface area (Å²) >= 11 is 3.30. The van der Waals surface area contributed by atoms with Crippen LogP contribution in [0.3, 0.4) is 0 Å². The lowest BCUT2D eigenvalue weighted by Crippen LogP contribution is -2.38. The van der Waals surface area contributed by atoms with Crippen LogP contribution in [-0.4, -0.2) is 31.7 Å². The maximum Gasteiger partial charge on any atom is 0.244 e. The molecule has 2 aromatic carbocycles. The van der Waals surface area contributed by atoms with Crippen molar-refractivity contribution in [3.8, 4) is 12.3 Å². The number of rotatable bonds is 6. The van der Waals surface area contributed by atoms with E-state index in [2.05, 4.69) is 27.2 Å². The second-order valence-corrected chi connectivity index (χ2v) is 7.70. The van der Waals surface area contributed by atoms with Gasteiger partial charge in [0.2, 0.25) is 15.9 Å². The number of carbonyl (C=O) groups is 1. The Balaban J connectivity index is 2.15. The molecule has 0 saturated heterocycles. The van der Waals surface area contributed by atoms with Gasteiger partial charge in [0, 0.05) is 10.2 Å². The highest BCUT2D eigenvalue weighted by Crippen LogP contribution is 2.16. The van der Waals surface area contributed by atoms with Crippen molar-refractivity contribution in [3.05, 3.63) is 59.1 Å². The normalized spacial score (nSPS) is 11.0. The van der Waals surface area contributed by atoms with Gasteiger partial charge in [0.05, 0.1) is 18.0 Å². The molecule has 1 N–H and O–H groups in total. The smallest absolute Gasteiger partial charge is 0.244 e. The van der Waals surface area contributed by atoms with Crippen molar-refractivity contribution in [2.75, 3.05) is 18.4 Å². The second-order valence-electron chi connectivity index (χ2n) is 4.85. The molecule has 0 unspecified atom stereocenters. The Morgan fingerprint density at radius 1 is 1.12 bits per heavy atom. The van der Waals surface area contributed by atoms with Gasteiger partial charge in [-0.1, -0.05) is 40.0 Å². The minimum atomic E-state index is -3.83. The zero-order valence-electron chi connectivity index (χ0n) is 12.6. The lowest BCUT2D eigenvalue weighted by atomic mass is 10.3. The van der Waals surface area contributed by atoms with Gasteiger partial charge in [0.25, 0.3) is 0 Å². The van der Waals surface area contributed by atoms with Crippen LogP contribution in [0.2, 0.25) is 0 Å². The van der Waals surface area contributed by atoms with E-state index in [9.17, 15) is 13.2 Å². The van der Waals surface area contributed by atoms with Crippen LogP contribution in [0.25, 0.3) is 0 Å². The Labute approximate surface area is 149 Å². The van der Waals surface area contributed by atoms with Gasteiger partial charge in [-0.2, -0.15) is 4.31 Å². The summed E-state index contributed by atoms with van der Waals surface area (Å²) in [5.74, 6) is 1.82. The van der Waals surface area contributed by atoms with Crippen molar-refractivity contribution in [2.24, 2.45) is 0 Å². The molecular formula is C17H15BrN2O3S. The highest BCUT2D eigenvalue weighted by Gasteiger charge is 2.25. The topological polar surface area (TPSA) is 66.5 Å². The molecule has 0 atom stereocenters. The van der Waals surface area contributed by atoms with Gasteiger partial charge in [0.15, 0.2) is 0 Å². The number of amides is 1. The summed E-state index contributed by atoms with van der Waals surface area (Å²) in [6.07, 6.45) is 5.26. The molecule has 2 rings (SSSR count). The minimum Gasteiger partial charge on any atom is -0.325 e. The van der Waals surface area contributed by atoms with Crippen molar-refractivity contribution < 1.29 is 13.2 Å². The number of halogens is 1. The maximum absolute atomic E-state index is 12.6. The Morgan fingerprint density at radius 2 is 1.75 bits per heavy atom. The zero-order chi connectivity index (χ0) is 17.6. The summed E-state index contributed by atoms with van der Waals surface area (Å²) in [7, 11) is -3.83. The van der Waals surface area contributed by atoms with Crippen molar-refractivity contribution in [2.45, 2.75) is 4.90 Å². The molecule has 0 spiro atoms. The van der Waals surface area contributed by atoms with E-state index in [0.29, 0.717) is 5.69 Å². The summed E-state index contributed by atoms with van der Waals surface area (Å²) in [5, 5.41) is 2.65. The molecule has 0 heterocycles. The van der Waals surface area contributed by atoms with Crippen molar-refractivity contribution >= 4 is 37.5 Å². The molecule has 0 aliphatic carbocycles. The first-order chi connectivity index (χ1) is 11.4. The Morgan fingerprint density at radius 3 is 2.33 bits per heavy atom. The number of nitrogens with zero attached hydrogens (tertiary/aromatic N) is 1. The number of benzene rings is 2. The van der Waals surface area contributed by atoms with Crippen LogP contribution in [0.4, 0.5) is 5.69 Å². The second kappa shape index (κ2) is 8.11. The van der Waals surface area contributed by atoms with Crippen molar-refractivity contribution in [3.63, 3.8) is 0 Å². The van der Waals surface area contributed by atoms with E-state index in [1.807, 2.05) is 0 Å². The third-order valence-corrected chi connectivity index (χ3v) is 5.43. The van der Waals surface area contributed by atoms with Crippen LogP contribution in [0.5, 0.6) is 0 Å². The number of hydrogen-bond donors (Lipinski definition) is 1. The molecule has 1 amide bonds. The predicted molar refractivity (Wildman–Crippen MR) is 96.8 cm³/mol. The van der Waals surface area contributed by atoms with Crippen molar-refractivity contribution in [1.29, 1.82) is 0 Å². The average molecular weight is 407 g/mol. The summed E-state index contributed by atoms with van der Waals surface area (Å²) in [4.78, 5) is 12.3. The molecule has 0 fully saturated rings. The number of terminal acetylenes is 1. The molecule has 0 aliphatic rings. The molecule has 2 aromatic rings. The molecule has 5 nitrogen and oxygen atoms in total. The Kier molecular flexibility index (Phi) is 6.15. The standard InChI is InChI=1S/C17H15BrN2O3S/c1-2-12-20(24(22,23)16-6-4-3-5-7-16)13-17(21)19-15-10-8-14(18)9-11-15/h1,3-11H,12-13H2,(H,19,21). The van der Waals surface area contributed by atoms with Gasteiger partial charge in [-0.15, -0.1) is 6.42 Å². The van der Waals surface area contributed by atoms with Gasteiger partial charge in [0.1, 0.15) is 0 Å². The fourth-order valence-electron chi connectivity index (χ4n) is 1.96. The summed E-state index contributed by atoms with van der Waals surface area (Å²) in [6.45, 7) is -0.553. The quantitative estimate of drug-likeness (QED) is 0.749. The number of hydrogen-bond acceptors (Lipinski definition) is 3. The minimum absolute atomic E-state index is 0.0942. The molecule has 7 heteroatoms. The first-order valence-corrected chi connectivity index (χ1v) is 9.21. The first-order valence-electron chi connectivity index (χ1n) is 6.97. The molecule has 0 radical (unpaired) electrons. The van der Waals surface area contributed by atoms with Crippen molar-refractivity contribution in [1.82, 2.24) is 4.31 Å². The fraction of sp³-hybridized carbons (Fsp3) is 0.118. The van der Waals surface area contributed by atoms with Crippen LogP contribution in [0, 0.1) is 12.3 Å². The lowest BCUT2D eigenvalue weighted by molar-refractivity contribution is -0.116. The van der Waals surface area contributed by atoms with E-state index in [1.54, 1.807) is 42.5 Å². The van der Waals surface area contributed by atoms with Crippen LogP contribution >= 0.6 is 15.9 Å². The van der Waals surface area contributed by atoms with Crippen LogP contribution in [0.1, 0.15) is 0 Å². The monoisotopic (exact) mass is 406 g/mol. The van der Waals surface area contributed by atoms with E-state index < -0.39 is 15.9 Å².